The van der Waals surface area contributed by atoms with Gasteiger partial charge in [0.2, 0.25) is 5.91 Å². The van der Waals surface area contributed by atoms with Crippen molar-refractivity contribution in [1.29, 1.82) is 0 Å². The van der Waals surface area contributed by atoms with Crippen LogP contribution in [-0.2, 0) is 4.79 Å². The van der Waals surface area contributed by atoms with Crippen molar-refractivity contribution in [3.05, 3.63) is 15.3 Å². The third kappa shape index (κ3) is 2.46. The Kier molecular flexibility index (Phi) is 3.99. The van der Waals surface area contributed by atoms with Gasteiger partial charge in [-0.2, -0.15) is 12.6 Å². The molecule has 1 aliphatic rings. The zero-order valence-corrected chi connectivity index (χ0v) is 12.9. The van der Waals surface area contributed by atoms with Gasteiger partial charge in [-0.3, -0.25) is 4.79 Å². The highest BCUT2D eigenvalue weighted by atomic mass is 79.9. The molecule has 1 saturated heterocycles. The largest absolute Gasteiger partial charge is 0.395 e. The fourth-order valence-corrected chi connectivity index (χ4v) is 2.93. The zero-order valence-electron chi connectivity index (χ0n) is 8.86. The zero-order chi connectivity index (χ0) is 12.6. The first kappa shape index (κ1) is 13.2. The van der Waals surface area contributed by atoms with Gasteiger partial charge in [0.1, 0.15) is 4.60 Å². The Balaban J connectivity index is 2.41. The molecule has 4 nitrogen and oxygen atoms in total. The molecule has 1 atom stereocenters. The molecular weight excluding hydrogens is 370 g/mol. The van der Waals surface area contributed by atoms with Crippen LogP contribution < -0.4 is 10.6 Å². The Bertz CT molecular complexity index is 469. The van der Waals surface area contributed by atoms with Crippen LogP contribution in [0.25, 0.3) is 0 Å². The standard InChI is InChI=1S/C10H11Br2N3OS/c11-6-2-14-10(12)8(13)9(6)15-3-5(4-17)1-7(15)16/h2,5,17H,1,3-4,13H2. The smallest absolute Gasteiger partial charge is 0.227 e. The number of carbonyl (C=O) groups is 1. The number of aromatic nitrogens is 1. The first-order valence-corrected chi connectivity index (χ1v) is 7.27. The molecule has 1 fully saturated rings. The molecule has 0 saturated carbocycles. The molecule has 92 valence electrons. The number of rotatable bonds is 2. The number of nitrogen functional groups attached to an aromatic ring is 1. The molecule has 2 N–H and O–H groups in total. The lowest BCUT2D eigenvalue weighted by atomic mass is 10.1. The number of nitrogens with two attached hydrogens (primary N) is 1. The molecular formula is C10H11Br2N3OS. The van der Waals surface area contributed by atoms with Gasteiger partial charge in [0.15, 0.2) is 0 Å². The van der Waals surface area contributed by atoms with Crippen molar-refractivity contribution in [3.8, 4) is 0 Å². The van der Waals surface area contributed by atoms with Crippen molar-refractivity contribution in [3.63, 3.8) is 0 Å². The molecule has 1 aliphatic heterocycles. The quantitative estimate of drug-likeness (QED) is 0.612. The number of anilines is 2. The highest BCUT2D eigenvalue weighted by Crippen LogP contribution is 2.38. The Hall–Kier alpha value is -0.270. The highest BCUT2D eigenvalue weighted by Gasteiger charge is 2.32. The van der Waals surface area contributed by atoms with Crippen molar-refractivity contribution < 1.29 is 4.79 Å². The topological polar surface area (TPSA) is 59.2 Å². The molecule has 2 rings (SSSR count). The Morgan fingerprint density at radius 2 is 2.29 bits per heavy atom. The lowest BCUT2D eigenvalue weighted by Gasteiger charge is -2.20. The minimum atomic E-state index is 0.0783. The lowest BCUT2D eigenvalue weighted by molar-refractivity contribution is -0.117. The number of amides is 1. The molecule has 17 heavy (non-hydrogen) atoms. The van der Waals surface area contributed by atoms with Crippen LogP contribution in [0.3, 0.4) is 0 Å². The van der Waals surface area contributed by atoms with E-state index in [1.54, 1.807) is 11.1 Å². The minimum absolute atomic E-state index is 0.0783. The summed E-state index contributed by atoms with van der Waals surface area (Å²) in [6.45, 7) is 0.654. The van der Waals surface area contributed by atoms with E-state index in [0.29, 0.717) is 34.7 Å². The summed E-state index contributed by atoms with van der Waals surface area (Å²) in [5, 5.41) is 0. The van der Waals surface area contributed by atoms with Crippen molar-refractivity contribution in [2.45, 2.75) is 6.42 Å². The van der Waals surface area contributed by atoms with Crippen LogP contribution in [0.2, 0.25) is 0 Å². The molecule has 7 heteroatoms. The molecule has 1 unspecified atom stereocenters. The number of carbonyl (C=O) groups excluding carboxylic acids is 1. The molecule has 1 aromatic rings. The maximum atomic E-state index is 11.9. The second-order valence-electron chi connectivity index (χ2n) is 3.92. The van der Waals surface area contributed by atoms with E-state index in [1.165, 1.54) is 0 Å². The number of hydrogen-bond donors (Lipinski definition) is 2. The van der Waals surface area contributed by atoms with E-state index in [-0.39, 0.29) is 11.8 Å². The van der Waals surface area contributed by atoms with Crippen molar-refractivity contribution in [2.75, 3.05) is 22.9 Å². The molecule has 0 aromatic carbocycles. The lowest BCUT2D eigenvalue weighted by Crippen LogP contribution is -2.26. The first-order chi connectivity index (χ1) is 8.04. The summed E-state index contributed by atoms with van der Waals surface area (Å²) >= 11 is 10.9. The van der Waals surface area contributed by atoms with Crippen molar-refractivity contribution in [1.82, 2.24) is 4.98 Å². The third-order valence-electron chi connectivity index (χ3n) is 2.73. The Morgan fingerprint density at radius 1 is 1.59 bits per heavy atom. The number of thiol groups is 1. The number of halogens is 2. The van der Waals surface area contributed by atoms with Crippen LogP contribution in [0.1, 0.15) is 6.42 Å². The molecule has 2 heterocycles. The number of nitrogens with zero attached hydrogens (tertiary/aromatic N) is 2. The van der Waals surface area contributed by atoms with Gasteiger partial charge in [0.05, 0.1) is 15.8 Å². The van der Waals surface area contributed by atoms with Gasteiger partial charge in [-0.15, -0.1) is 0 Å². The normalized spacial score (nSPS) is 20.1. The molecule has 0 aliphatic carbocycles. The molecule has 0 radical (unpaired) electrons. The first-order valence-electron chi connectivity index (χ1n) is 5.05. The van der Waals surface area contributed by atoms with Crippen LogP contribution in [0.5, 0.6) is 0 Å². The van der Waals surface area contributed by atoms with Gasteiger partial charge < -0.3 is 10.6 Å². The van der Waals surface area contributed by atoms with Crippen molar-refractivity contribution in [2.24, 2.45) is 5.92 Å². The van der Waals surface area contributed by atoms with Crippen LogP contribution in [-0.4, -0.2) is 23.2 Å². The summed E-state index contributed by atoms with van der Waals surface area (Å²) in [5.41, 5.74) is 7.13. The molecule has 1 amide bonds. The molecule has 0 bridgehead atoms. The monoisotopic (exact) mass is 379 g/mol. The maximum Gasteiger partial charge on any atom is 0.227 e. The summed E-state index contributed by atoms with van der Waals surface area (Å²) < 4.78 is 1.28. The van der Waals surface area contributed by atoms with E-state index < -0.39 is 0 Å². The average molecular weight is 381 g/mol. The Morgan fingerprint density at radius 3 is 2.88 bits per heavy atom. The summed E-state index contributed by atoms with van der Waals surface area (Å²) in [4.78, 5) is 17.7. The predicted molar refractivity (Wildman–Crippen MR) is 78.4 cm³/mol. The van der Waals surface area contributed by atoms with Crippen molar-refractivity contribution >= 4 is 61.8 Å². The van der Waals surface area contributed by atoms with E-state index in [9.17, 15) is 4.79 Å². The molecule has 1 aromatic heterocycles. The van der Waals surface area contributed by atoms with Gasteiger partial charge in [0.25, 0.3) is 0 Å². The van der Waals surface area contributed by atoms with Gasteiger partial charge in [0, 0.05) is 19.2 Å². The van der Waals surface area contributed by atoms with Gasteiger partial charge >= 0.3 is 0 Å². The highest BCUT2D eigenvalue weighted by molar-refractivity contribution is 9.11. The summed E-state index contributed by atoms with van der Waals surface area (Å²) in [6, 6.07) is 0. The van der Waals surface area contributed by atoms with E-state index >= 15 is 0 Å². The average Bonchev–Trinajstić information content (AvgIpc) is 2.66. The summed E-state index contributed by atoms with van der Waals surface area (Å²) in [5.74, 6) is 1.06. The van der Waals surface area contributed by atoms with Crippen LogP contribution in [0, 0.1) is 5.92 Å². The summed E-state index contributed by atoms with van der Waals surface area (Å²) in [6.07, 6.45) is 2.16. The second kappa shape index (κ2) is 5.16. The number of hydrogen-bond acceptors (Lipinski definition) is 4. The van der Waals surface area contributed by atoms with E-state index in [1.807, 2.05) is 0 Å². The fourth-order valence-electron chi connectivity index (χ4n) is 1.86. The van der Waals surface area contributed by atoms with E-state index in [0.717, 1.165) is 4.47 Å². The third-order valence-corrected chi connectivity index (χ3v) is 4.46. The molecule has 0 spiro atoms. The number of pyridine rings is 1. The van der Waals surface area contributed by atoms with E-state index in [4.69, 9.17) is 5.73 Å². The fraction of sp³-hybridized carbons (Fsp3) is 0.400. The Labute approximate surface area is 122 Å². The van der Waals surface area contributed by atoms with Crippen LogP contribution in [0.15, 0.2) is 15.3 Å². The van der Waals surface area contributed by atoms with Crippen LogP contribution in [0.4, 0.5) is 11.4 Å². The predicted octanol–water partition coefficient (Wildman–Crippen LogP) is 2.47. The minimum Gasteiger partial charge on any atom is -0.395 e. The maximum absolute atomic E-state index is 11.9. The second-order valence-corrected chi connectivity index (χ2v) is 5.89. The van der Waals surface area contributed by atoms with Crippen LogP contribution >= 0.6 is 44.5 Å². The summed E-state index contributed by atoms with van der Waals surface area (Å²) in [7, 11) is 0. The van der Waals surface area contributed by atoms with E-state index in [2.05, 4.69) is 49.5 Å². The van der Waals surface area contributed by atoms with Gasteiger partial charge in [-0.1, -0.05) is 0 Å². The van der Waals surface area contributed by atoms with Gasteiger partial charge in [-0.25, -0.2) is 4.98 Å². The SMILES string of the molecule is Nc1c(Br)ncc(Br)c1N1CC(CS)CC1=O. The van der Waals surface area contributed by atoms with Gasteiger partial charge in [-0.05, 0) is 43.5 Å².